The van der Waals surface area contributed by atoms with Crippen molar-refractivity contribution < 1.29 is 8.42 Å². The number of nitrogens with one attached hydrogen (secondary N) is 1. The molecule has 0 aromatic rings. The van der Waals surface area contributed by atoms with Gasteiger partial charge in [0, 0.05) is 25.2 Å². The molecule has 2 fully saturated rings. The van der Waals surface area contributed by atoms with Crippen molar-refractivity contribution in [2.24, 2.45) is 0 Å². The molecule has 15 heavy (non-hydrogen) atoms. The van der Waals surface area contributed by atoms with Crippen LogP contribution in [0.5, 0.6) is 0 Å². The van der Waals surface area contributed by atoms with Gasteiger partial charge in [-0.05, 0) is 26.7 Å². The molecule has 1 aliphatic carbocycles. The standard InChI is InChI=1S/C9H18N2O2S.ClH/c1-7-5-11(6-8(2)10-7)14(12,13)9-3-4-9;/h7-10H,3-6H2,1-2H3;1H. The monoisotopic (exact) mass is 254 g/mol. The summed E-state index contributed by atoms with van der Waals surface area (Å²) in [6.45, 7) is 5.32. The Labute approximate surface area is 97.9 Å². The summed E-state index contributed by atoms with van der Waals surface area (Å²) >= 11 is 0. The maximum absolute atomic E-state index is 11.9. The van der Waals surface area contributed by atoms with Gasteiger partial charge in [-0.25, -0.2) is 8.42 Å². The summed E-state index contributed by atoms with van der Waals surface area (Å²) in [6.07, 6.45) is 1.71. The lowest BCUT2D eigenvalue weighted by molar-refractivity contribution is 0.262. The van der Waals surface area contributed by atoms with E-state index in [9.17, 15) is 8.42 Å². The van der Waals surface area contributed by atoms with Crippen molar-refractivity contribution in [1.29, 1.82) is 0 Å². The zero-order valence-corrected chi connectivity index (χ0v) is 10.8. The Morgan fingerprint density at radius 2 is 1.60 bits per heavy atom. The highest BCUT2D eigenvalue weighted by Crippen LogP contribution is 2.31. The molecule has 0 aromatic carbocycles. The Balaban J connectivity index is 0.00000112. The van der Waals surface area contributed by atoms with Crippen molar-refractivity contribution in [2.75, 3.05) is 13.1 Å². The maximum atomic E-state index is 11.9. The van der Waals surface area contributed by atoms with E-state index in [0.29, 0.717) is 13.1 Å². The number of halogens is 1. The summed E-state index contributed by atoms with van der Waals surface area (Å²) in [5, 5.41) is 3.27. The molecule has 0 radical (unpaired) electrons. The second-order valence-corrected chi connectivity index (χ2v) is 6.74. The van der Waals surface area contributed by atoms with Gasteiger partial charge in [0.25, 0.3) is 0 Å². The van der Waals surface area contributed by atoms with Gasteiger partial charge < -0.3 is 5.32 Å². The molecule has 2 rings (SSSR count). The van der Waals surface area contributed by atoms with Crippen LogP contribution in [0.1, 0.15) is 26.7 Å². The van der Waals surface area contributed by atoms with Crippen molar-refractivity contribution in [3.63, 3.8) is 0 Å². The second kappa shape index (κ2) is 4.57. The van der Waals surface area contributed by atoms with Crippen LogP contribution in [0.4, 0.5) is 0 Å². The van der Waals surface area contributed by atoms with Gasteiger partial charge in [-0.15, -0.1) is 12.4 Å². The predicted molar refractivity (Wildman–Crippen MR) is 62.8 cm³/mol. The summed E-state index contributed by atoms with van der Waals surface area (Å²) in [5.74, 6) is 0. The first-order chi connectivity index (χ1) is 6.50. The molecule has 1 heterocycles. The normalized spacial score (nSPS) is 33.5. The number of hydrogen-bond donors (Lipinski definition) is 1. The Morgan fingerprint density at radius 1 is 1.13 bits per heavy atom. The SMILES string of the molecule is CC1CN(S(=O)(=O)C2CC2)CC(C)N1.Cl. The highest BCUT2D eigenvalue weighted by Gasteiger charge is 2.41. The summed E-state index contributed by atoms with van der Waals surface area (Å²) in [5.41, 5.74) is 0. The van der Waals surface area contributed by atoms with Gasteiger partial charge >= 0.3 is 0 Å². The van der Waals surface area contributed by atoms with Crippen molar-refractivity contribution in [3.05, 3.63) is 0 Å². The van der Waals surface area contributed by atoms with Crippen LogP contribution in [0.3, 0.4) is 0 Å². The zero-order chi connectivity index (χ0) is 10.3. The molecule has 2 unspecified atom stereocenters. The Bertz CT molecular complexity index is 306. The lowest BCUT2D eigenvalue weighted by atomic mass is 10.2. The Kier molecular flexibility index (Phi) is 4.03. The minimum atomic E-state index is -2.96. The van der Waals surface area contributed by atoms with Crippen molar-refractivity contribution >= 4 is 22.4 Å². The molecule has 1 saturated carbocycles. The summed E-state index contributed by atoms with van der Waals surface area (Å²) in [7, 11) is -2.96. The van der Waals surface area contributed by atoms with E-state index >= 15 is 0 Å². The molecule has 2 atom stereocenters. The van der Waals surface area contributed by atoms with Gasteiger partial charge in [0.2, 0.25) is 10.0 Å². The number of rotatable bonds is 2. The molecule has 0 amide bonds. The lowest BCUT2D eigenvalue weighted by Gasteiger charge is -2.35. The number of nitrogens with zero attached hydrogens (tertiary/aromatic N) is 1. The summed E-state index contributed by atoms with van der Waals surface area (Å²) in [4.78, 5) is 0. The third-order valence-electron chi connectivity index (χ3n) is 2.83. The van der Waals surface area contributed by atoms with Gasteiger partial charge in [-0.2, -0.15) is 4.31 Å². The average Bonchev–Trinajstić information content (AvgIpc) is 2.83. The van der Waals surface area contributed by atoms with E-state index in [2.05, 4.69) is 5.32 Å². The molecule has 6 heteroatoms. The van der Waals surface area contributed by atoms with Gasteiger partial charge in [-0.1, -0.05) is 0 Å². The highest BCUT2D eigenvalue weighted by molar-refractivity contribution is 7.90. The van der Waals surface area contributed by atoms with Crippen LogP contribution in [0.25, 0.3) is 0 Å². The van der Waals surface area contributed by atoms with Crippen LogP contribution < -0.4 is 5.32 Å². The van der Waals surface area contributed by atoms with E-state index in [1.54, 1.807) is 4.31 Å². The lowest BCUT2D eigenvalue weighted by Crippen LogP contribution is -2.56. The van der Waals surface area contributed by atoms with E-state index in [1.165, 1.54) is 0 Å². The van der Waals surface area contributed by atoms with Crippen LogP contribution in [-0.2, 0) is 10.0 Å². The third-order valence-corrected chi connectivity index (χ3v) is 5.16. The maximum Gasteiger partial charge on any atom is 0.217 e. The van der Waals surface area contributed by atoms with Crippen LogP contribution in [-0.4, -0.2) is 43.1 Å². The molecular formula is C9H19ClN2O2S. The molecule has 0 spiro atoms. The molecular weight excluding hydrogens is 236 g/mol. The minimum absolute atomic E-state index is 0. The topological polar surface area (TPSA) is 49.4 Å². The molecule has 4 nitrogen and oxygen atoms in total. The molecule has 0 aromatic heterocycles. The van der Waals surface area contributed by atoms with E-state index in [0.717, 1.165) is 12.8 Å². The fourth-order valence-electron chi connectivity index (χ4n) is 2.06. The third kappa shape index (κ3) is 2.84. The molecule has 1 aliphatic heterocycles. The van der Waals surface area contributed by atoms with Gasteiger partial charge in [-0.3, -0.25) is 0 Å². The zero-order valence-electron chi connectivity index (χ0n) is 9.14. The van der Waals surface area contributed by atoms with Crippen LogP contribution in [0.2, 0.25) is 0 Å². The van der Waals surface area contributed by atoms with Gasteiger partial charge in [0.15, 0.2) is 0 Å². The van der Waals surface area contributed by atoms with Crippen molar-refractivity contribution in [2.45, 2.75) is 44.0 Å². The summed E-state index contributed by atoms with van der Waals surface area (Å²) < 4.78 is 25.5. The number of piperazine rings is 1. The number of hydrogen-bond acceptors (Lipinski definition) is 3. The Morgan fingerprint density at radius 3 is 2.00 bits per heavy atom. The van der Waals surface area contributed by atoms with Crippen molar-refractivity contribution in [1.82, 2.24) is 9.62 Å². The van der Waals surface area contributed by atoms with Gasteiger partial charge in [0.1, 0.15) is 0 Å². The van der Waals surface area contributed by atoms with Crippen molar-refractivity contribution in [3.8, 4) is 0 Å². The van der Waals surface area contributed by atoms with E-state index < -0.39 is 10.0 Å². The average molecular weight is 255 g/mol. The predicted octanol–water partition coefficient (Wildman–Crippen LogP) is 0.583. The van der Waals surface area contributed by atoms with E-state index in [1.807, 2.05) is 13.8 Å². The molecule has 1 saturated heterocycles. The van der Waals surface area contributed by atoms with Crippen LogP contribution in [0, 0.1) is 0 Å². The van der Waals surface area contributed by atoms with Crippen LogP contribution in [0.15, 0.2) is 0 Å². The first-order valence-corrected chi connectivity index (χ1v) is 6.75. The van der Waals surface area contributed by atoms with Gasteiger partial charge in [0.05, 0.1) is 5.25 Å². The number of sulfonamides is 1. The molecule has 0 bridgehead atoms. The fourth-order valence-corrected chi connectivity index (χ4v) is 4.08. The van der Waals surface area contributed by atoms with E-state index in [4.69, 9.17) is 0 Å². The molecule has 2 aliphatic rings. The largest absolute Gasteiger partial charge is 0.309 e. The highest BCUT2D eigenvalue weighted by atomic mass is 35.5. The van der Waals surface area contributed by atoms with E-state index in [-0.39, 0.29) is 29.7 Å². The molecule has 90 valence electrons. The molecule has 1 N–H and O–H groups in total. The first kappa shape index (κ1) is 13.2. The summed E-state index contributed by atoms with van der Waals surface area (Å²) in [6, 6.07) is 0.541. The fraction of sp³-hybridized carbons (Fsp3) is 1.00. The first-order valence-electron chi connectivity index (χ1n) is 5.25. The quantitative estimate of drug-likeness (QED) is 0.785. The minimum Gasteiger partial charge on any atom is -0.309 e. The van der Waals surface area contributed by atoms with Crippen LogP contribution >= 0.6 is 12.4 Å². The smallest absolute Gasteiger partial charge is 0.217 e. The Hall–Kier alpha value is 0.160. The second-order valence-electron chi connectivity index (χ2n) is 4.53.